The van der Waals surface area contributed by atoms with Crippen LogP contribution in [0.25, 0.3) is 10.9 Å². The lowest BCUT2D eigenvalue weighted by atomic mass is 9.85. The molecule has 3 N–H and O–H groups in total. The highest BCUT2D eigenvalue weighted by atomic mass is 16.5. The van der Waals surface area contributed by atoms with E-state index >= 15 is 0 Å². The molecule has 2 atom stereocenters. The summed E-state index contributed by atoms with van der Waals surface area (Å²) in [5.74, 6) is -1.17. The highest BCUT2D eigenvalue weighted by molar-refractivity contribution is 5.94. The number of rotatable bonds is 8. The Balaban J connectivity index is 1.73. The molecule has 32 heavy (non-hydrogen) atoms. The lowest BCUT2D eigenvalue weighted by Gasteiger charge is -2.27. The Morgan fingerprint density at radius 3 is 2.28 bits per heavy atom. The van der Waals surface area contributed by atoms with E-state index in [0.29, 0.717) is 5.56 Å². The van der Waals surface area contributed by atoms with Gasteiger partial charge in [-0.1, -0.05) is 66.7 Å². The molecule has 3 aromatic carbocycles. The minimum absolute atomic E-state index is 0.235. The van der Waals surface area contributed by atoms with E-state index in [2.05, 4.69) is 15.8 Å². The summed E-state index contributed by atoms with van der Waals surface area (Å²) in [6.45, 7) is 2.00. The van der Waals surface area contributed by atoms with Crippen LogP contribution in [-0.4, -0.2) is 29.5 Å². The van der Waals surface area contributed by atoms with Gasteiger partial charge in [0.2, 0.25) is 0 Å². The summed E-state index contributed by atoms with van der Waals surface area (Å²) >= 11 is 0. The number of amides is 1. The molecule has 4 rings (SSSR count). The smallest absolute Gasteiger partial charge is 0.325 e. The van der Waals surface area contributed by atoms with Crippen LogP contribution in [-0.2, 0) is 9.53 Å². The molecule has 1 heterocycles. The van der Waals surface area contributed by atoms with E-state index < -0.39 is 17.9 Å². The van der Waals surface area contributed by atoms with Gasteiger partial charge >= 0.3 is 5.97 Å². The van der Waals surface area contributed by atoms with Gasteiger partial charge in [-0.25, -0.2) is 5.43 Å². The van der Waals surface area contributed by atoms with Crippen molar-refractivity contribution in [3.63, 3.8) is 0 Å². The fourth-order valence-electron chi connectivity index (χ4n) is 3.88. The summed E-state index contributed by atoms with van der Waals surface area (Å²) in [5, 5.41) is 1.01. The van der Waals surface area contributed by atoms with Crippen LogP contribution in [0.15, 0.2) is 91.1 Å². The van der Waals surface area contributed by atoms with Gasteiger partial charge in [0.05, 0.1) is 6.61 Å². The maximum Gasteiger partial charge on any atom is 0.325 e. The van der Waals surface area contributed by atoms with Gasteiger partial charge in [-0.15, -0.1) is 0 Å². The number of aromatic amines is 1. The number of H-pyrrole nitrogens is 1. The van der Waals surface area contributed by atoms with Gasteiger partial charge in [-0.2, -0.15) is 0 Å². The predicted molar refractivity (Wildman–Crippen MR) is 124 cm³/mol. The molecule has 0 aliphatic heterocycles. The van der Waals surface area contributed by atoms with Crippen LogP contribution in [0.5, 0.6) is 0 Å². The van der Waals surface area contributed by atoms with Crippen molar-refractivity contribution in [1.29, 1.82) is 0 Å². The minimum Gasteiger partial charge on any atom is -0.465 e. The summed E-state index contributed by atoms with van der Waals surface area (Å²) in [7, 11) is 0. The number of hydrazine groups is 1. The SMILES string of the molecule is CCOC(=O)[C@@H](NNC(=O)c1ccccc1)[C@H](c1ccccc1)c1c[nH]c2ccccc12. The second-order valence-electron chi connectivity index (χ2n) is 7.37. The lowest BCUT2D eigenvalue weighted by Crippen LogP contribution is -2.51. The Hall–Kier alpha value is -3.90. The van der Waals surface area contributed by atoms with Gasteiger partial charge in [-0.05, 0) is 36.2 Å². The summed E-state index contributed by atoms with van der Waals surface area (Å²) in [6.07, 6.45) is 1.91. The molecule has 162 valence electrons. The van der Waals surface area contributed by atoms with Crippen LogP contribution in [0.4, 0.5) is 0 Å². The Morgan fingerprint density at radius 1 is 0.906 bits per heavy atom. The zero-order valence-corrected chi connectivity index (χ0v) is 17.7. The number of para-hydroxylation sites is 1. The Morgan fingerprint density at radius 2 is 1.56 bits per heavy atom. The fraction of sp³-hybridized carbons (Fsp3) is 0.154. The monoisotopic (exact) mass is 427 g/mol. The molecular weight excluding hydrogens is 402 g/mol. The molecule has 0 fully saturated rings. The number of aromatic nitrogens is 1. The first-order valence-corrected chi connectivity index (χ1v) is 10.6. The summed E-state index contributed by atoms with van der Waals surface area (Å²) in [4.78, 5) is 29.0. The van der Waals surface area contributed by atoms with Gasteiger partial charge < -0.3 is 9.72 Å². The number of ether oxygens (including phenoxy) is 1. The van der Waals surface area contributed by atoms with Crippen molar-refractivity contribution in [2.24, 2.45) is 0 Å². The molecule has 6 nitrogen and oxygen atoms in total. The second-order valence-corrected chi connectivity index (χ2v) is 7.37. The van der Waals surface area contributed by atoms with E-state index in [0.717, 1.165) is 22.0 Å². The zero-order chi connectivity index (χ0) is 22.3. The van der Waals surface area contributed by atoms with Crippen LogP contribution >= 0.6 is 0 Å². The fourth-order valence-corrected chi connectivity index (χ4v) is 3.88. The summed E-state index contributed by atoms with van der Waals surface area (Å²) in [6, 6.07) is 25.7. The predicted octanol–water partition coefficient (Wildman–Crippen LogP) is 4.17. The molecule has 6 heteroatoms. The van der Waals surface area contributed by atoms with Gasteiger partial charge in [-0.3, -0.25) is 15.0 Å². The average molecular weight is 428 g/mol. The van der Waals surface area contributed by atoms with Crippen molar-refractivity contribution in [3.8, 4) is 0 Å². The Labute approximate surface area is 186 Å². The quantitative estimate of drug-likeness (QED) is 0.291. The number of carbonyl (C=O) groups excluding carboxylic acids is 2. The highest BCUT2D eigenvalue weighted by Gasteiger charge is 2.34. The minimum atomic E-state index is -0.843. The first kappa shape index (κ1) is 21.3. The lowest BCUT2D eigenvalue weighted by molar-refractivity contribution is -0.146. The van der Waals surface area contributed by atoms with Crippen LogP contribution in [0.1, 0.15) is 34.3 Å². The van der Waals surface area contributed by atoms with Gasteiger partial charge in [0.25, 0.3) is 5.91 Å². The van der Waals surface area contributed by atoms with Gasteiger partial charge in [0, 0.05) is 28.6 Å². The topological polar surface area (TPSA) is 83.2 Å². The normalized spacial score (nSPS) is 12.8. The third-order valence-electron chi connectivity index (χ3n) is 5.37. The molecule has 0 bridgehead atoms. The maximum absolute atomic E-state index is 13.1. The Kier molecular flexibility index (Phi) is 6.63. The number of esters is 1. The van der Waals surface area contributed by atoms with Crippen molar-refractivity contribution in [1.82, 2.24) is 15.8 Å². The first-order valence-electron chi connectivity index (χ1n) is 10.6. The van der Waals surface area contributed by atoms with Gasteiger partial charge in [0.1, 0.15) is 6.04 Å². The van der Waals surface area contributed by atoms with Crippen molar-refractivity contribution >= 4 is 22.8 Å². The van der Waals surface area contributed by atoms with E-state index in [1.54, 1.807) is 31.2 Å². The molecule has 0 spiro atoms. The zero-order valence-electron chi connectivity index (χ0n) is 17.7. The number of fused-ring (bicyclic) bond motifs is 1. The van der Waals surface area contributed by atoms with Crippen LogP contribution in [0.2, 0.25) is 0 Å². The number of hydrogen-bond acceptors (Lipinski definition) is 4. The summed E-state index contributed by atoms with van der Waals surface area (Å²) < 4.78 is 5.39. The molecular formula is C26H25N3O3. The third kappa shape index (κ3) is 4.55. The van der Waals surface area contributed by atoms with Crippen LogP contribution < -0.4 is 10.9 Å². The molecule has 1 aromatic heterocycles. The number of nitrogens with one attached hydrogen (secondary N) is 3. The second kappa shape index (κ2) is 9.94. The molecule has 0 saturated heterocycles. The maximum atomic E-state index is 13.1. The Bertz CT molecular complexity index is 1190. The number of benzene rings is 3. The van der Waals surface area contributed by atoms with Crippen molar-refractivity contribution in [3.05, 3.63) is 108 Å². The molecule has 1 amide bonds. The van der Waals surface area contributed by atoms with E-state index in [9.17, 15) is 9.59 Å². The number of carbonyl (C=O) groups is 2. The molecule has 0 saturated carbocycles. The molecule has 0 aliphatic carbocycles. The molecule has 0 radical (unpaired) electrons. The van der Waals surface area contributed by atoms with E-state index in [-0.39, 0.29) is 12.5 Å². The molecule has 4 aromatic rings. The largest absolute Gasteiger partial charge is 0.465 e. The van der Waals surface area contributed by atoms with E-state index in [1.807, 2.05) is 66.9 Å². The van der Waals surface area contributed by atoms with E-state index in [1.165, 1.54) is 0 Å². The highest BCUT2D eigenvalue weighted by Crippen LogP contribution is 2.33. The van der Waals surface area contributed by atoms with Crippen molar-refractivity contribution in [2.45, 2.75) is 18.9 Å². The van der Waals surface area contributed by atoms with Crippen molar-refractivity contribution < 1.29 is 14.3 Å². The van der Waals surface area contributed by atoms with Gasteiger partial charge in [0.15, 0.2) is 0 Å². The van der Waals surface area contributed by atoms with Crippen molar-refractivity contribution in [2.75, 3.05) is 6.61 Å². The standard InChI is InChI=1S/C26H25N3O3/c1-2-32-26(31)24(28-29-25(30)19-13-7-4-8-14-19)23(18-11-5-3-6-12-18)21-17-27-22-16-10-9-15-20(21)22/h3-17,23-24,27-28H,2H2,1H3,(H,29,30)/t23-,24+/m1/s1. The third-order valence-corrected chi connectivity index (χ3v) is 5.37. The number of hydrogen-bond donors (Lipinski definition) is 3. The van der Waals surface area contributed by atoms with Crippen LogP contribution in [0, 0.1) is 0 Å². The van der Waals surface area contributed by atoms with E-state index in [4.69, 9.17) is 4.74 Å². The first-order chi connectivity index (χ1) is 15.7. The molecule has 0 unspecified atom stereocenters. The van der Waals surface area contributed by atoms with Crippen LogP contribution in [0.3, 0.4) is 0 Å². The molecule has 0 aliphatic rings. The average Bonchev–Trinajstić information content (AvgIpc) is 3.26. The summed E-state index contributed by atoms with van der Waals surface area (Å²) in [5.41, 5.74) is 8.99.